The summed E-state index contributed by atoms with van der Waals surface area (Å²) in [5.74, 6) is -0.134. The third-order valence-corrected chi connectivity index (χ3v) is 2.67. The zero-order valence-electron chi connectivity index (χ0n) is 10.4. The molecule has 2 rings (SSSR count). The number of carbonyl (C=O) groups excluding carboxylic acids is 1. The fourth-order valence-corrected chi connectivity index (χ4v) is 1.75. The minimum absolute atomic E-state index is 0.134. The summed E-state index contributed by atoms with van der Waals surface area (Å²) in [5, 5.41) is 10.3. The van der Waals surface area contributed by atoms with Crippen molar-refractivity contribution in [3.05, 3.63) is 35.9 Å². The molecule has 7 heteroatoms. The van der Waals surface area contributed by atoms with Crippen molar-refractivity contribution in [1.29, 1.82) is 0 Å². The van der Waals surface area contributed by atoms with E-state index in [9.17, 15) is 4.79 Å². The first-order valence-electron chi connectivity index (χ1n) is 5.86. The van der Waals surface area contributed by atoms with E-state index in [4.69, 9.17) is 11.6 Å². The molecule has 0 saturated heterocycles. The molecule has 0 aliphatic carbocycles. The molecule has 0 spiro atoms. The minimum atomic E-state index is -0.134. The van der Waals surface area contributed by atoms with E-state index in [1.165, 1.54) is 6.33 Å². The summed E-state index contributed by atoms with van der Waals surface area (Å²) < 4.78 is 1.57. The van der Waals surface area contributed by atoms with Gasteiger partial charge in [-0.3, -0.25) is 4.79 Å². The third kappa shape index (κ3) is 3.52. The van der Waals surface area contributed by atoms with Crippen LogP contribution in [0.25, 0.3) is 5.69 Å². The van der Waals surface area contributed by atoms with Crippen LogP contribution in [0, 0.1) is 0 Å². The van der Waals surface area contributed by atoms with Crippen LogP contribution in [-0.2, 0) is 4.79 Å². The summed E-state index contributed by atoms with van der Waals surface area (Å²) in [6.07, 6.45) is 2.99. The Bertz CT molecular complexity index is 555. The predicted molar refractivity (Wildman–Crippen MR) is 73.5 cm³/mol. The number of halogens is 1. The lowest BCUT2D eigenvalue weighted by molar-refractivity contribution is -0.115. The molecule has 1 amide bonds. The van der Waals surface area contributed by atoms with Crippen molar-refractivity contribution in [3.8, 4) is 5.69 Å². The van der Waals surface area contributed by atoms with Crippen molar-refractivity contribution < 1.29 is 4.79 Å². The number of likely N-dealkylation sites (N-methyl/N-ethyl adjacent to an activating group) is 1. The summed E-state index contributed by atoms with van der Waals surface area (Å²) in [4.78, 5) is 15.6. The van der Waals surface area contributed by atoms with Crippen molar-refractivity contribution in [3.63, 3.8) is 0 Å². The number of nitrogens with one attached hydrogen (secondary N) is 2. The van der Waals surface area contributed by atoms with Gasteiger partial charge in [0.25, 0.3) is 0 Å². The number of nitrogens with zero attached hydrogens (tertiary/aromatic N) is 3. The van der Waals surface area contributed by atoms with Gasteiger partial charge in [-0.1, -0.05) is 18.5 Å². The van der Waals surface area contributed by atoms with Crippen molar-refractivity contribution >= 4 is 23.2 Å². The van der Waals surface area contributed by atoms with Crippen LogP contribution in [0.15, 0.2) is 30.9 Å². The normalized spacial score (nSPS) is 10.4. The van der Waals surface area contributed by atoms with Crippen LogP contribution < -0.4 is 10.6 Å². The molecule has 1 aromatic heterocycles. The van der Waals surface area contributed by atoms with Crippen molar-refractivity contribution in [2.24, 2.45) is 0 Å². The van der Waals surface area contributed by atoms with Gasteiger partial charge in [-0.25, -0.2) is 9.67 Å². The summed E-state index contributed by atoms with van der Waals surface area (Å²) in [5.41, 5.74) is 1.31. The summed E-state index contributed by atoms with van der Waals surface area (Å²) >= 11 is 5.95. The molecule has 0 aliphatic heterocycles. The molecule has 2 aromatic rings. The fourth-order valence-electron chi connectivity index (χ4n) is 1.57. The van der Waals surface area contributed by atoms with Gasteiger partial charge in [0.05, 0.1) is 17.9 Å². The van der Waals surface area contributed by atoms with Crippen LogP contribution >= 0.6 is 11.6 Å². The van der Waals surface area contributed by atoms with Gasteiger partial charge in [0.2, 0.25) is 5.91 Å². The van der Waals surface area contributed by atoms with Gasteiger partial charge >= 0.3 is 0 Å². The maximum Gasteiger partial charge on any atom is 0.238 e. The van der Waals surface area contributed by atoms with Gasteiger partial charge in [0, 0.05) is 5.02 Å². The molecule has 100 valence electrons. The number of benzene rings is 1. The Balaban J connectivity index is 2.23. The molecule has 1 aromatic carbocycles. The Morgan fingerprint density at radius 3 is 3.00 bits per heavy atom. The van der Waals surface area contributed by atoms with E-state index in [0.29, 0.717) is 16.4 Å². The molecule has 0 aliphatic rings. The molecule has 6 nitrogen and oxygen atoms in total. The molecule has 0 atom stereocenters. The van der Waals surface area contributed by atoms with Crippen molar-refractivity contribution in [1.82, 2.24) is 20.1 Å². The zero-order chi connectivity index (χ0) is 13.7. The van der Waals surface area contributed by atoms with E-state index in [1.54, 1.807) is 29.2 Å². The highest BCUT2D eigenvalue weighted by Crippen LogP contribution is 2.23. The second-order valence-corrected chi connectivity index (χ2v) is 4.27. The van der Waals surface area contributed by atoms with Crippen LogP contribution in [-0.4, -0.2) is 33.8 Å². The van der Waals surface area contributed by atoms with Gasteiger partial charge in [-0.05, 0) is 24.7 Å². The summed E-state index contributed by atoms with van der Waals surface area (Å²) in [7, 11) is 0. The molecular weight excluding hydrogens is 266 g/mol. The average molecular weight is 280 g/mol. The van der Waals surface area contributed by atoms with Crippen LogP contribution in [0.4, 0.5) is 5.69 Å². The number of carbonyl (C=O) groups is 1. The summed E-state index contributed by atoms with van der Waals surface area (Å²) in [6.45, 7) is 2.92. The Kier molecular flexibility index (Phi) is 4.48. The van der Waals surface area contributed by atoms with Gasteiger partial charge in [0.1, 0.15) is 12.7 Å². The lowest BCUT2D eigenvalue weighted by Gasteiger charge is -2.11. The first kappa shape index (κ1) is 13.5. The second-order valence-electron chi connectivity index (χ2n) is 3.83. The molecule has 0 radical (unpaired) electrons. The van der Waals surface area contributed by atoms with Crippen molar-refractivity contribution in [2.45, 2.75) is 6.92 Å². The second kappa shape index (κ2) is 6.31. The van der Waals surface area contributed by atoms with E-state index >= 15 is 0 Å². The third-order valence-electron chi connectivity index (χ3n) is 2.43. The zero-order valence-corrected chi connectivity index (χ0v) is 11.2. The maximum atomic E-state index is 11.7. The monoisotopic (exact) mass is 279 g/mol. The molecule has 2 N–H and O–H groups in total. The van der Waals surface area contributed by atoms with E-state index < -0.39 is 0 Å². The van der Waals surface area contributed by atoms with Crippen LogP contribution in [0.5, 0.6) is 0 Å². The van der Waals surface area contributed by atoms with E-state index in [-0.39, 0.29) is 12.5 Å². The highest BCUT2D eigenvalue weighted by Gasteiger charge is 2.09. The first-order chi connectivity index (χ1) is 9.20. The SMILES string of the molecule is CCNCC(=O)Nc1cc(Cl)ccc1-n1cncn1. The molecular formula is C12H14ClN5O. The number of rotatable bonds is 5. The van der Waals surface area contributed by atoms with Gasteiger partial charge in [-0.15, -0.1) is 0 Å². The Labute approximate surface area is 115 Å². The average Bonchev–Trinajstić information content (AvgIpc) is 2.90. The topological polar surface area (TPSA) is 71.8 Å². The Hall–Kier alpha value is -1.92. The lowest BCUT2D eigenvalue weighted by atomic mass is 10.2. The van der Waals surface area contributed by atoms with Gasteiger partial charge in [-0.2, -0.15) is 5.10 Å². The van der Waals surface area contributed by atoms with Crippen LogP contribution in [0.2, 0.25) is 5.02 Å². The van der Waals surface area contributed by atoms with Gasteiger partial charge in [0.15, 0.2) is 0 Å². The first-order valence-corrected chi connectivity index (χ1v) is 6.23. The Morgan fingerprint density at radius 2 is 2.32 bits per heavy atom. The molecule has 1 heterocycles. The Morgan fingerprint density at radius 1 is 1.47 bits per heavy atom. The number of aromatic nitrogens is 3. The molecule has 19 heavy (non-hydrogen) atoms. The number of amides is 1. The van der Waals surface area contributed by atoms with Crippen molar-refractivity contribution in [2.75, 3.05) is 18.4 Å². The van der Waals surface area contributed by atoms with Gasteiger partial charge < -0.3 is 10.6 Å². The predicted octanol–water partition coefficient (Wildman–Crippen LogP) is 1.47. The number of hydrogen-bond donors (Lipinski definition) is 2. The minimum Gasteiger partial charge on any atom is -0.323 e. The highest BCUT2D eigenvalue weighted by molar-refractivity contribution is 6.31. The largest absolute Gasteiger partial charge is 0.323 e. The number of anilines is 1. The summed E-state index contributed by atoms with van der Waals surface area (Å²) in [6, 6.07) is 5.20. The smallest absolute Gasteiger partial charge is 0.238 e. The quantitative estimate of drug-likeness (QED) is 0.869. The molecule has 0 fully saturated rings. The standard InChI is InChI=1S/C12H14ClN5O/c1-2-14-6-12(19)17-10-5-9(13)3-4-11(10)18-8-15-7-16-18/h3-5,7-8,14H,2,6H2,1H3,(H,17,19). The lowest BCUT2D eigenvalue weighted by Crippen LogP contribution is -2.28. The number of hydrogen-bond acceptors (Lipinski definition) is 4. The van der Waals surface area contributed by atoms with E-state index in [2.05, 4.69) is 20.7 Å². The van der Waals surface area contributed by atoms with Crippen LogP contribution in [0.1, 0.15) is 6.92 Å². The molecule has 0 unspecified atom stereocenters. The van der Waals surface area contributed by atoms with Crippen LogP contribution in [0.3, 0.4) is 0 Å². The highest BCUT2D eigenvalue weighted by atomic mass is 35.5. The molecule has 0 bridgehead atoms. The van der Waals surface area contributed by atoms with E-state index in [1.807, 2.05) is 6.92 Å². The van der Waals surface area contributed by atoms with E-state index in [0.717, 1.165) is 6.54 Å². The molecule has 0 saturated carbocycles. The maximum absolute atomic E-state index is 11.7. The fraction of sp³-hybridized carbons (Fsp3) is 0.250.